The zero-order valence-corrected chi connectivity index (χ0v) is 12.5. The average molecular weight is 283 g/mol. The van der Waals surface area contributed by atoms with Gasteiger partial charge in [-0.25, -0.2) is 4.98 Å². The molecule has 3 heterocycles. The van der Waals surface area contributed by atoms with Gasteiger partial charge in [-0.2, -0.15) is 0 Å². The summed E-state index contributed by atoms with van der Waals surface area (Å²) in [5, 5.41) is 1.01. The molecule has 0 bridgehead atoms. The molecular formula is C16H17N3O2. The van der Waals surface area contributed by atoms with Crippen molar-refractivity contribution < 1.29 is 8.83 Å². The molecule has 3 aromatic rings. The molecule has 0 spiro atoms. The minimum absolute atomic E-state index is 0.291. The van der Waals surface area contributed by atoms with Crippen molar-refractivity contribution in [3.05, 3.63) is 36.0 Å². The molecule has 5 heteroatoms. The van der Waals surface area contributed by atoms with Crippen molar-refractivity contribution in [3.8, 4) is 0 Å². The second kappa shape index (κ2) is 4.04. The maximum absolute atomic E-state index is 5.80. The number of anilines is 1. The Hall–Kier alpha value is -2.43. The number of hydrogen-bond donors (Lipinski definition) is 0. The lowest BCUT2D eigenvalue weighted by atomic mass is 10.1. The maximum atomic E-state index is 5.80. The summed E-state index contributed by atoms with van der Waals surface area (Å²) in [6, 6.07) is 4.19. The molecule has 0 fully saturated rings. The zero-order valence-electron chi connectivity index (χ0n) is 12.5. The molecular weight excluding hydrogens is 266 g/mol. The van der Waals surface area contributed by atoms with Gasteiger partial charge in [-0.05, 0) is 25.5 Å². The van der Waals surface area contributed by atoms with Gasteiger partial charge in [0, 0.05) is 38.1 Å². The van der Waals surface area contributed by atoms with E-state index >= 15 is 0 Å². The normalized spacial score (nSPS) is 18.6. The van der Waals surface area contributed by atoms with E-state index in [0.29, 0.717) is 17.8 Å². The highest BCUT2D eigenvalue weighted by Crippen LogP contribution is 2.35. The molecule has 1 aromatic carbocycles. The van der Waals surface area contributed by atoms with Crippen molar-refractivity contribution in [3.63, 3.8) is 0 Å². The molecule has 21 heavy (non-hydrogen) atoms. The number of hydrogen-bond acceptors (Lipinski definition) is 5. The van der Waals surface area contributed by atoms with Gasteiger partial charge >= 0.3 is 5.78 Å². The second-order valence-corrected chi connectivity index (χ2v) is 5.61. The first-order chi connectivity index (χ1) is 10.0. The van der Waals surface area contributed by atoms with Gasteiger partial charge in [-0.3, -0.25) is 0 Å². The number of oxazole rings is 1. The monoisotopic (exact) mass is 283 g/mol. The maximum Gasteiger partial charge on any atom is 0.319 e. The summed E-state index contributed by atoms with van der Waals surface area (Å²) in [6.07, 6.45) is 4.46. The summed E-state index contributed by atoms with van der Waals surface area (Å²) in [4.78, 5) is 8.80. The lowest BCUT2D eigenvalue weighted by Crippen LogP contribution is -2.33. The second-order valence-electron chi connectivity index (χ2n) is 5.61. The Bertz CT molecular complexity index is 875. The number of furan rings is 1. The van der Waals surface area contributed by atoms with Crippen LogP contribution in [-0.2, 0) is 0 Å². The molecule has 2 aromatic heterocycles. The van der Waals surface area contributed by atoms with Crippen molar-refractivity contribution in [2.24, 2.45) is 0 Å². The summed E-state index contributed by atoms with van der Waals surface area (Å²) >= 11 is 0. The topological polar surface area (TPSA) is 45.7 Å². The highest BCUT2D eigenvalue weighted by atomic mass is 16.5. The Morgan fingerprint density at radius 3 is 2.67 bits per heavy atom. The smallest absolute Gasteiger partial charge is 0.319 e. The Morgan fingerprint density at radius 1 is 1.14 bits per heavy atom. The number of fused-ring (bicyclic) bond motifs is 3. The lowest BCUT2D eigenvalue weighted by molar-refractivity contribution is 0.383. The Morgan fingerprint density at radius 2 is 1.95 bits per heavy atom. The van der Waals surface area contributed by atoms with Crippen molar-refractivity contribution in [1.29, 1.82) is 0 Å². The molecule has 0 unspecified atom stereocenters. The molecule has 5 nitrogen and oxygen atoms in total. The van der Waals surface area contributed by atoms with E-state index < -0.39 is 0 Å². The predicted molar refractivity (Wildman–Crippen MR) is 82.1 cm³/mol. The first-order valence-corrected chi connectivity index (χ1v) is 7.03. The van der Waals surface area contributed by atoms with Crippen LogP contribution in [0.25, 0.3) is 22.3 Å². The molecule has 1 aliphatic rings. The van der Waals surface area contributed by atoms with Crippen LogP contribution in [0, 0.1) is 13.8 Å². The molecule has 108 valence electrons. The Labute approximate surface area is 122 Å². The number of aromatic nitrogens is 1. The summed E-state index contributed by atoms with van der Waals surface area (Å²) in [5.41, 5.74) is 3.95. The summed E-state index contributed by atoms with van der Waals surface area (Å²) in [6.45, 7) is 6.11. The van der Waals surface area contributed by atoms with Crippen molar-refractivity contribution in [2.45, 2.75) is 26.9 Å². The van der Waals surface area contributed by atoms with Gasteiger partial charge in [0.1, 0.15) is 11.7 Å². The van der Waals surface area contributed by atoms with Crippen LogP contribution in [0.4, 0.5) is 5.69 Å². The number of aryl methyl sites for hydroxylation is 2. The van der Waals surface area contributed by atoms with E-state index in [2.05, 4.69) is 60.2 Å². The van der Waals surface area contributed by atoms with Gasteiger partial charge < -0.3 is 18.6 Å². The largest absolute Gasteiger partial charge is 0.424 e. The molecule has 0 saturated carbocycles. The fraction of sp³-hybridized carbons (Fsp3) is 0.312. The minimum Gasteiger partial charge on any atom is -0.424 e. The van der Waals surface area contributed by atoms with E-state index in [-0.39, 0.29) is 0 Å². The van der Waals surface area contributed by atoms with E-state index in [4.69, 9.17) is 8.83 Å². The van der Waals surface area contributed by atoms with Gasteiger partial charge in [-0.15, -0.1) is 0 Å². The fourth-order valence-electron chi connectivity index (χ4n) is 2.88. The van der Waals surface area contributed by atoms with Crippen LogP contribution in [-0.4, -0.2) is 23.1 Å². The highest BCUT2D eigenvalue weighted by molar-refractivity contribution is 6.02. The van der Waals surface area contributed by atoms with Gasteiger partial charge in [0.2, 0.25) is 0 Å². The van der Waals surface area contributed by atoms with Crippen LogP contribution in [0.5, 0.6) is 0 Å². The van der Waals surface area contributed by atoms with Crippen molar-refractivity contribution >= 4 is 28.0 Å². The van der Waals surface area contributed by atoms with Crippen LogP contribution in [0.1, 0.15) is 18.4 Å². The molecule has 4 rings (SSSR count). The third-order valence-corrected chi connectivity index (χ3v) is 4.19. The lowest BCUT2D eigenvalue weighted by Gasteiger charge is -2.28. The van der Waals surface area contributed by atoms with E-state index in [9.17, 15) is 0 Å². The van der Waals surface area contributed by atoms with Crippen molar-refractivity contribution in [1.82, 2.24) is 9.88 Å². The predicted octanol–water partition coefficient (Wildman–Crippen LogP) is 3.76. The molecule has 0 amide bonds. The SMILES string of the molecule is Cc1nc2c(o1)oc1cc(N3C=CN(C)[C@@H]3C)c(C)cc12. The summed E-state index contributed by atoms with van der Waals surface area (Å²) in [7, 11) is 2.07. The van der Waals surface area contributed by atoms with Crippen molar-refractivity contribution in [2.75, 3.05) is 11.9 Å². The van der Waals surface area contributed by atoms with Gasteiger partial charge in [0.05, 0.1) is 5.39 Å². The zero-order chi connectivity index (χ0) is 14.7. The standard InChI is InChI=1S/C16H17N3O2/c1-9-7-12-14(21-16-15(12)17-10(2)20-16)8-13(9)19-6-5-18(4)11(19)3/h5-8,11H,1-4H3/t11-/m0/s1. The van der Waals surface area contributed by atoms with Crippen LogP contribution >= 0.6 is 0 Å². The Balaban J connectivity index is 1.91. The summed E-state index contributed by atoms with van der Waals surface area (Å²) < 4.78 is 11.3. The highest BCUT2D eigenvalue weighted by Gasteiger charge is 2.23. The number of rotatable bonds is 1. The van der Waals surface area contributed by atoms with Gasteiger partial charge in [0.15, 0.2) is 11.4 Å². The molecule has 1 atom stereocenters. The first-order valence-electron chi connectivity index (χ1n) is 7.03. The third kappa shape index (κ3) is 1.67. The number of nitrogens with zero attached hydrogens (tertiary/aromatic N) is 3. The van der Waals surface area contributed by atoms with E-state index in [1.54, 1.807) is 0 Å². The minimum atomic E-state index is 0.291. The average Bonchev–Trinajstić information content (AvgIpc) is 3.05. The molecule has 0 saturated heterocycles. The molecule has 1 aliphatic heterocycles. The fourth-order valence-corrected chi connectivity index (χ4v) is 2.88. The third-order valence-electron chi connectivity index (χ3n) is 4.19. The first kappa shape index (κ1) is 12.3. The van der Waals surface area contributed by atoms with Gasteiger partial charge in [0.25, 0.3) is 0 Å². The van der Waals surface area contributed by atoms with E-state index in [0.717, 1.165) is 22.2 Å². The van der Waals surface area contributed by atoms with Crippen LogP contribution in [0.15, 0.2) is 33.4 Å². The number of benzene rings is 1. The van der Waals surface area contributed by atoms with E-state index in [1.165, 1.54) is 5.56 Å². The quantitative estimate of drug-likeness (QED) is 0.680. The molecule has 0 radical (unpaired) electrons. The van der Waals surface area contributed by atoms with E-state index in [1.807, 2.05) is 6.92 Å². The Kier molecular flexibility index (Phi) is 2.37. The summed E-state index contributed by atoms with van der Waals surface area (Å²) in [5.74, 6) is 1.13. The molecule has 0 aliphatic carbocycles. The van der Waals surface area contributed by atoms with Crippen LogP contribution < -0.4 is 4.90 Å². The van der Waals surface area contributed by atoms with Gasteiger partial charge in [-0.1, -0.05) is 0 Å². The van der Waals surface area contributed by atoms with Crippen LogP contribution in [0.3, 0.4) is 0 Å². The van der Waals surface area contributed by atoms with Crippen LogP contribution in [0.2, 0.25) is 0 Å². The molecule has 0 N–H and O–H groups in total.